The van der Waals surface area contributed by atoms with E-state index in [1.807, 2.05) is 0 Å². The number of epoxide rings is 1. The van der Waals surface area contributed by atoms with E-state index in [0.717, 1.165) is 0 Å². The molecule has 0 amide bonds. The quantitative estimate of drug-likeness (QED) is 0.472. The molecule has 1 saturated heterocycles. The Balaban J connectivity index is 2.15. The van der Waals surface area contributed by atoms with Gasteiger partial charge in [0.15, 0.2) is 6.10 Å². The summed E-state index contributed by atoms with van der Waals surface area (Å²) in [7, 11) is 0. The van der Waals surface area contributed by atoms with Gasteiger partial charge in [-0.3, -0.25) is 0 Å². The fraction of sp³-hybridized carbons (Fsp3) is 0.600. The molecular formula is C5H6O3. The first-order valence-electron chi connectivity index (χ1n) is 2.50. The highest BCUT2D eigenvalue weighted by Crippen LogP contribution is 2.42. The zero-order valence-electron chi connectivity index (χ0n) is 4.20. The lowest BCUT2D eigenvalue weighted by molar-refractivity contribution is -0.0234. The minimum Gasteiger partial charge on any atom is -0.464 e. The molecule has 2 aliphatic heterocycles. The van der Waals surface area contributed by atoms with Gasteiger partial charge in [0, 0.05) is 0 Å². The van der Waals surface area contributed by atoms with Crippen LogP contribution in [-0.2, 0) is 9.47 Å². The van der Waals surface area contributed by atoms with E-state index >= 15 is 0 Å². The Labute approximate surface area is 46.5 Å². The predicted octanol–water partition coefficient (Wildman–Crippen LogP) is -0.382. The van der Waals surface area contributed by atoms with Crippen LogP contribution < -0.4 is 0 Å². The van der Waals surface area contributed by atoms with Crippen molar-refractivity contribution in [1.82, 2.24) is 0 Å². The normalized spacial score (nSPS) is 48.4. The van der Waals surface area contributed by atoms with Crippen LogP contribution >= 0.6 is 0 Å². The van der Waals surface area contributed by atoms with E-state index in [1.165, 1.54) is 0 Å². The van der Waals surface area contributed by atoms with Gasteiger partial charge in [0.2, 0.25) is 0 Å². The van der Waals surface area contributed by atoms with Crippen LogP contribution in [0.4, 0.5) is 0 Å². The molecule has 0 aromatic heterocycles. The third kappa shape index (κ3) is 0.319. The minimum absolute atomic E-state index is 0.0208. The summed E-state index contributed by atoms with van der Waals surface area (Å²) in [5.74, 6) is -0.653. The number of hydrogen-bond donors (Lipinski definition) is 1. The van der Waals surface area contributed by atoms with Crippen molar-refractivity contribution in [3.05, 3.63) is 12.3 Å². The van der Waals surface area contributed by atoms with Gasteiger partial charge in [-0.15, -0.1) is 0 Å². The first kappa shape index (κ1) is 4.35. The lowest BCUT2D eigenvalue weighted by atomic mass is 10.3. The molecule has 2 heterocycles. The van der Waals surface area contributed by atoms with Gasteiger partial charge in [0.25, 0.3) is 5.79 Å². The van der Waals surface area contributed by atoms with E-state index in [0.29, 0.717) is 0 Å². The van der Waals surface area contributed by atoms with Crippen LogP contribution in [0.1, 0.15) is 0 Å². The third-order valence-corrected chi connectivity index (χ3v) is 1.44. The second-order valence-electron chi connectivity index (χ2n) is 1.95. The first-order valence-corrected chi connectivity index (χ1v) is 2.50. The molecule has 0 aromatic carbocycles. The SMILES string of the molecule is OC[C@]12OC=C[C@@H]1O2. The summed E-state index contributed by atoms with van der Waals surface area (Å²) in [5, 5.41) is 8.58. The van der Waals surface area contributed by atoms with Crippen molar-refractivity contribution in [1.29, 1.82) is 0 Å². The van der Waals surface area contributed by atoms with Crippen LogP contribution in [-0.4, -0.2) is 23.6 Å². The maximum Gasteiger partial charge on any atom is 0.264 e. The molecule has 0 aromatic rings. The van der Waals surface area contributed by atoms with Gasteiger partial charge in [0.1, 0.15) is 6.61 Å². The molecule has 3 nitrogen and oxygen atoms in total. The summed E-state index contributed by atoms with van der Waals surface area (Å²) in [6.45, 7) is -0.0509. The van der Waals surface area contributed by atoms with Crippen molar-refractivity contribution in [2.45, 2.75) is 11.9 Å². The molecule has 1 N–H and O–H groups in total. The van der Waals surface area contributed by atoms with Gasteiger partial charge in [-0.1, -0.05) is 0 Å². The molecule has 1 fully saturated rings. The van der Waals surface area contributed by atoms with Gasteiger partial charge < -0.3 is 14.6 Å². The molecule has 2 rings (SSSR count). The topological polar surface area (TPSA) is 42.0 Å². The maximum absolute atomic E-state index is 8.58. The first-order chi connectivity index (χ1) is 3.87. The number of aliphatic hydroxyl groups is 1. The van der Waals surface area contributed by atoms with Crippen molar-refractivity contribution in [2.75, 3.05) is 6.61 Å². The van der Waals surface area contributed by atoms with E-state index in [-0.39, 0.29) is 12.7 Å². The number of rotatable bonds is 1. The predicted molar refractivity (Wildman–Crippen MR) is 24.9 cm³/mol. The average Bonchev–Trinajstić information content (AvgIpc) is 2.38. The molecule has 8 heavy (non-hydrogen) atoms. The Morgan fingerprint density at radius 3 is 2.88 bits per heavy atom. The zero-order valence-corrected chi connectivity index (χ0v) is 4.20. The van der Waals surface area contributed by atoms with E-state index in [4.69, 9.17) is 14.6 Å². The molecule has 2 atom stereocenters. The van der Waals surface area contributed by atoms with Gasteiger partial charge in [0.05, 0.1) is 6.26 Å². The molecular weight excluding hydrogens is 108 g/mol. The summed E-state index contributed by atoms with van der Waals surface area (Å²) in [5.41, 5.74) is 0. The number of aliphatic hydroxyl groups excluding tert-OH is 1. The Bertz CT molecular complexity index is 143. The Hall–Kier alpha value is -0.540. The van der Waals surface area contributed by atoms with Crippen LogP contribution in [0.5, 0.6) is 0 Å². The van der Waals surface area contributed by atoms with Crippen LogP contribution in [0.25, 0.3) is 0 Å². The van der Waals surface area contributed by atoms with Gasteiger partial charge in [-0.2, -0.15) is 0 Å². The van der Waals surface area contributed by atoms with Crippen molar-refractivity contribution in [3.8, 4) is 0 Å². The zero-order chi connectivity index (χ0) is 5.61. The Morgan fingerprint density at radius 1 is 1.75 bits per heavy atom. The molecule has 44 valence electrons. The Morgan fingerprint density at radius 2 is 2.62 bits per heavy atom. The number of ether oxygens (including phenoxy) is 2. The second kappa shape index (κ2) is 1.06. The molecule has 0 unspecified atom stereocenters. The highest BCUT2D eigenvalue weighted by atomic mass is 16.8. The monoisotopic (exact) mass is 114 g/mol. The van der Waals surface area contributed by atoms with Crippen molar-refractivity contribution in [3.63, 3.8) is 0 Å². The van der Waals surface area contributed by atoms with Crippen molar-refractivity contribution < 1.29 is 14.6 Å². The van der Waals surface area contributed by atoms with E-state index in [9.17, 15) is 0 Å². The van der Waals surface area contributed by atoms with Crippen LogP contribution in [0.2, 0.25) is 0 Å². The van der Waals surface area contributed by atoms with E-state index in [1.54, 1.807) is 12.3 Å². The second-order valence-corrected chi connectivity index (χ2v) is 1.95. The highest BCUT2D eigenvalue weighted by molar-refractivity contribution is 5.12. The standard InChI is InChI=1S/C5H6O3/c6-3-5-4(8-5)1-2-7-5/h1-2,4,6H,3H2/t4-,5+/m0/s1. The van der Waals surface area contributed by atoms with Gasteiger partial charge in [-0.25, -0.2) is 0 Å². The highest BCUT2D eigenvalue weighted by Gasteiger charge is 2.60. The minimum atomic E-state index is -0.653. The molecule has 0 aliphatic carbocycles. The number of fused-ring (bicyclic) bond motifs is 1. The maximum atomic E-state index is 8.58. The third-order valence-electron chi connectivity index (χ3n) is 1.44. The Kier molecular flexibility index (Phi) is 0.578. The molecule has 0 saturated carbocycles. The lowest BCUT2D eigenvalue weighted by Gasteiger charge is -2.02. The summed E-state index contributed by atoms with van der Waals surface area (Å²) in [4.78, 5) is 0. The fourth-order valence-electron chi connectivity index (χ4n) is 0.852. The summed E-state index contributed by atoms with van der Waals surface area (Å²) < 4.78 is 9.84. The van der Waals surface area contributed by atoms with Crippen molar-refractivity contribution in [2.24, 2.45) is 0 Å². The summed E-state index contributed by atoms with van der Waals surface area (Å²) in [6.07, 6.45) is 3.37. The largest absolute Gasteiger partial charge is 0.464 e. The average molecular weight is 114 g/mol. The molecule has 0 spiro atoms. The molecule has 0 radical (unpaired) electrons. The molecule has 3 heteroatoms. The summed E-state index contributed by atoms with van der Waals surface area (Å²) >= 11 is 0. The van der Waals surface area contributed by atoms with Gasteiger partial charge >= 0.3 is 0 Å². The van der Waals surface area contributed by atoms with Gasteiger partial charge in [-0.05, 0) is 6.08 Å². The molecule has 0 bridgehead atoms. The van der Waals surface area contributed by atoms with Crippen LogP contribution in [0, 0.1) is 0 Å². The summed E-state index contributed by atoms with van der Waals surface area (Å²) in [6, 6.07) is 0. The van der Waals surface area contributed by atoms with Crippen LogP contribution in [0.3, 0.4) is 0 Å². The van der Waals surface area contributed by atoms with E-state index < -0.39 is 5.79 Å². The van der Waals surface area contributed by atoms with Crippen LogP contribution in [0.15, 0.2) is 12.3 Å². The molecule has 2 aliphatic rings. The smallest absolute Gasteiger partial charge is 0.264 e. The van der Waals surface area contributed by atoms with Crippen molar-refractivity contribution >= 4 is 0 Å². The van der Waals surface area contributed by atoms with E-state index in [2.05, 4.69) is 0 Å². The fourth-order valence-corrected chi connectivity index (χ4v) is 0.852. The number of hydrogen-bond acceptors (Lipinski definition) is 3. The lowest BCUT2D eigenvalue weighted by Crippen LogP contribution is -2.17.